The molecule has 29 heavy (non-hydrogen) atoms. The van der Waals surface area contributed by atoms with Gasteiger partial charge in [0.1, 0.15) is 15.7 Å². The van der Waals surface area contributed by atoms with Crippen LogP contribution in [-0.2, 0) is 9.53 Å². The van der Waals surface area contributed by atoms with Crippen molar-refractivity contribution < 1.29 is 14.3 Å². The molecule has 160 valence electrons. The first-order chi connectivity index (χ1) is 13.7. The Balaban J connectivity index is 1.66. The first-order valence-electron chi connectivity index (χ1n) is 10.6. The number of nitrogens with zero attached hydrogens (tertiary/aromatic N) is 2. The minimum Gasteiger partial charge on any atom is -0.444 e. The van der Waals surface area contributed by atoms with E-state index in [1.54, 1.807) is 0 Å². The maximum absolute atomic E-state index is 13.5. The molecule has 2 fully saturated rings. The van der Waals surface area contributed by atoms with E-state index in [0.717, 1.165) is 42.4 Å². The second-order valence-corrected chi connectivity index (χ2v) is 10.0. The molecular weight excluding hydrogens is 434 g/mol. The molecule has 1 N–H and O–H groups in total. The Labute approximate surface area is 181 Å². The molecule has 6 nitrogen and oxygen atoms in total. The number of likely N-dealkylation sites (tertiary alicyclic amines) is 1. The highest BCUT2D eigenvalue weighted by Crippen LogP contribution is 2.34. The van der Waals surface area contributed by atoms with Crippen LogP contribution in [-0.4, -0.2) is 46.1 Å². The van der Waals surface area contributed by atoms with E-state index in [9.17, 15) is 9.59 Å². The minimum absolute atomic E-state index is 0.0451. The molecule has 2 amide bonds. The molecule has 2 heterocycles. The van der Waals surface area contributed by atoms with Crippen LogP contribution in [0.2, 0.25) is 0 Å². The van der Waals surface area contributed by atoms with Crippen LogP contribution >= 0.6 is 15.9 Å². The molecule has 0 atom stereocenters. The largest absolute Gasteiger partial charge is 0.444 e. The summed E-state index contributed by atoms with van der Waals surface area (Å²) in [6.07, 6.45) is 5.62. The molecule has 1 saturated heterocycles. The Kier molecular flexibility index (Phi) is 6.87. The van der Waals surface area contributed by atoms with Gasteiger partial charge in [-0.2, -0.15) is 0 Å². The number of hydrogen-bond donors (Lipinski definition) is 1. The van der Waals surface area contributed by atoms with Gasteiger partial charge in [-0.1, -0.05) is 25.3 Å². The lowest BCUT2D eigenvalue weighted by molar-refractivity contribution is -0.141. The Morgan fingerprint density at radius 2 is 1.83 bits per heavy atom. The van der Waals surface area contributed by atoms with Crippen LogP contribution in [0.3, 0.4) is 0 Å². The summed E-state index contributed by atoms with van der Waals surface area (Å²) >= 11 is 3.44. The molecule has 1 aromatic heterocycles. The number of ether oxygens (including phenoxy) is 1. The first kappa shape index (κ1) is 22.1. The number of carbonyl (C=O) groups excluding carboxylic acids is 2. The molecule has 3 rings (SSSR count). The number of carbonyl (C=O) groups is 2. The van der Waals surface area contributed by atoms with Gasteiger partial charge in [-0.25, -0.2) is 9.78 Å². The Bertz CT molecular complexity index is 733. The standard InChI is InChI=1S/C22H32BrN3O3/c1-21(2,3)29-20(28)25-22(12-5-4-6-13-22)19(27)26-14-10-16(11-15-26)17-8-7-9-18(23)24-17/h7-9,16H,4-6,10-15H2,1-3H3,(H,25,28). The van der Waals surface area contributed by atoms with Crippen LogP contribution in [0, 0.1) is 0 Å². The molecule has 1 aromatic rings. The molecule has 0 bridgehead atoms. The van der Waals surface area contributed by atoms with Crippen molar-refractivity contribution in [1.82, 2.24) is 15.2 Å². The second-order valence-electron chi connectivity index (χ2n) is 9.22. The summed E-state index contributed by atoms with van der Waals surface area (Å²) in [6, 6.07) is 5.99. The highest BCUT2D eigenvalue weighted by Gasteiger charge is 2.45. The van der Waals surface area contributed by atoms with E-state index in [1.165, 1.54) is 0 Å². The van der Waals surface area contributed by atoms with Crippen LogP contribution in [0.25, 0.3) is 0 Å². The normalized spacial score (nSPS) is 20.2. The zero-order valence-electron chi connectivity index (χ0n) is 17.7. The van der Waals surface area contributed by atoms with Gasteiger partial charge in [0.05, 0.1) is 0 Å². The van der Waals surface area contributed by atoms with Gasteiger partial charge in [-0.3, -0.25) is 4.79 Å². The smallest absolute Gasteiger partial charge is 0.408 e. The molecule has 0 unspecified atom stereocenters. The predicted octanol–water partition coefficient (Wildman–Crippen LogP) is 4.78. The molecule has 1 saturated carbocycles. The van der Waals surface area contributed by atoms with Gasteiger partial charge >= 0.3 is 6.09 Å². The number of aromatic nitrogens is 1. The van der Waals surface area contributed by atoms with Gasteiger partial charge in [-0.15, -0.1) is 0 Å². The van der Waals surface area contributed by atoms with E-state index in [-0.39, 0.29) is 5.91 Å². The Hall–Kier alpha value is -1.63. The maximum atomic E-state index is 13.5. The molecule has 1 aliphatic heterocycles. The van der Waals surface area contributed by atoms with Crippen LogP contribution in [0.5, 0.6) is 0 Å². The van der Waals surface area contributed by atoms with E-state index in [4.69, 9.17) is 4.74 Å². The van der Waals surface area contributed by atoms with E-state index in [0.29, 0.717) is 31.8 Å². The lowest BCUT2D eigenvalue weighted by atomic mass is 9.80. The summed E-state index contributed by atoms with van der Waals surface area (Å²) in [5.74, 6) is 0.404. The third-order valence-corrected chi connectivity index (χ3v) is 6.24. The Morgan fingerprint density at radius 3 is 2.41 bits per heavy atom. The zero-order chi connectivity index (χ0) is 21.1. The van der Waals surface area contributed by atoms with Gasteiger partial charge in [-0.05, 0) is 74.5 Å². The van der Waals surface area contributed by atoms with Crippen molar-refractivity contribution >= 4 is 27.9 Å². The fourth-order valence-electron chi connectivity index (χ4n) is 4.38. The molecule has 0 spiro atoms. The SMILES string of the molecule is CC(C)(C)OC(=O)NC1(C(=O)N2CCC(c3cccc(Br)n3)CC2)CCCCC1. The molecule has 0 aromatic carbocycles. The van der Waals surface area contributed by atoms with Crippen LogP contribution in [0.1, 0.15) is 77.3 Å². The van der Waals surface area contributed by atoms with E-state index in [1.807, 2.05) is 37.8 Å². The third-order valence-electron chi connectivity index (χ3n) is 5.79. The summed E-state index contributed by atoms with van der Waals surface area (Å²) < 4.78 is 6.30. The number of amides is 2. The minimum atomic E-state index is -0.832. The number of pyridine rings is 1. The Morgan fingerprint density at radius 1 is 1.17 bits per heavy atom. The number of halogens is 1. The predicted molar refractivity (Wildman–Crippen MR) is 116 cm³/mol. The number of rotatable bonds is 3. The van der Waals surface area contributed by atoms with Crippen LogP contribution < -0.4 is 5.32 Å². The topological polar surface area (TPSA) is 71.5 Å². The van der Waals surface area contributed by atoms with Crippen molar-refractivity contribution in [2.24, 2.45) is 0 Å². The van der Waals surface area contributed by atoms with Crippen molar-refractivity contribution in [3.8, 4) is 0 Å². The van der Waals surface area contributed by atoms with Gasteiger partial charge < -0.3 is 15.0 Å². The lowest BCUT2D eigenvalue weighted by Crippen LogP contribution is -2.62. The molecular formula is C22H32BrN3O3. The fourth-order valence-corrected chi connectivity index (χ4v) is 4.74. The van der Waals surface area contributed by atoms with Crippen molar-refractivity contribution in [3.05, 3.63) is 28.5 Å². The maximum Gasteiger partial charge on any atom is 0.408 e. The molecule has 7 heteroatoms. The van der Waals surface area contributed by atoms with Gasteiger partial charge in [0.25, 0.3) is 0 Å². The highest BCUT2D eigenvalue weighted by molar-refractivity contribution is 9.10. The quantitative estimate of drug-likeness (QED) is 0.651. The third kappa shape index (κ3) is 5.71. The van der Waals surface area contributed by atoms with E-state index in [2.05, 4.69) is 32.3 Å². The number of nitrogens with one attached hydrogen (secondary N) is 1. The molecule has 0 radical (unpaired) electrons. The van der Waals surface area contributed by atoms with E-state index < -0.39 is 17.2 Å². The summed E-state index contributed by atoms with van der Waals surface area (Å²) in [4.78, 5) is 32.5. The first-order valence-corrected chi connectivity index (χ1v) is 11.4. The number of alkyl carbamates (subject to hydrolysis) is 1. The summed E-state index contributed by atoms with van der Waals surface area (Å²) in [5, 5.41) is 2.97. The summed E-state index contributed by atoms with van der Waals surface area (Å²) in [6.45, 7) is 6.89. The van der Waals surface area contributed by atoms with Crippen molar-refractivity contribution in [1.29, 1.82) is 0 Å². The number of piperidine rings is 1. The number of hydrogen-bond acceptors (Lipinski definition) is 4. The second kappa shape index (κ2) is 9.02. The zero-order valence-corrected chi connectivity index (χ0v) is 19.3. The van der Waals surface area contributed by atoms with Crippen molar-refractivity contribution in [2.45, 2.75) is 82.8 Å². The summed E-state index contributed by atoms with van der Waals surface area (Å²) in [7, 11) is 0. The average molecular weight is 466 g/mol. The van der Waals surface area contributed by atoms with E-state index >= 15 is 0 Å². The van der Waals surface area contributed by atoms with Crippen molar-refractivity contribution in [3.63, 3.8) is 0 Å². The van der Waals surface area contributed by atoms with Crippen LogP contribution in [0.15, 0.2) is 22.8 Å². The van der Waals surface area contributed by atoms with Crippen LogP contribution in [0.4, 0.5) is 4.79 Å². The fraction of sp³-hybridized carbons (Fsp3) is 0.682. The van der Waals surface area contributed by atoms with Gasteiger partial charge in [0, 0.05) is 24.7 Å². The summed E-state index contributed by atoms with van der Waals surface area (Å²) in [5.41, 5.74) is -0.342. The van der Waals surface area contributed by atoms with Gasteiger partial charge in [0.2, 0.25) is 5.91 Å². The average Bonchev–Trinajstić information content (AvgIpc) is 2.67. The highest BCUT2D eigenvalue weighted by atomic mass is 79.9. The monoisotopic (exact) mass is 465 g/mol. The lowest BCUT2D eigenvalue weighted by Gasteiger charge is -2.42. The molecule has 1 aliphatic carbocycles. The van der Waals surface area contributed by atoms with Gasteiger partial charge in [0.15, 0.2) is 0 Å². The van der Waals surface area contributed by atoms with Crippen molar-refractivity contribution in [2.75, 3.05) is 13.1 Å². The molecule has 2 aliphatic rings.